The minimum absolute atomic E-state index is 0.0960. The van der Waals surface area contributed by atoms with Crippen LogP contribution in [-0.2, 0) is 4.74 Å². The Morgan fingerprint density at radius 1 is 0.412 bits per heavy atom. The lowest BCUT2D eigenvalue weighted by molar-refractivity contribution is -0.0723. The van der Waals surface area contributed by atoms with Crippen LogP contribution in [0.15, 0.2) is 24.3 Å². The average Bonchev–Trinajstić information content (AvgIpc) is 3.24. The zero-order valence-electron chi connectivity index (χ0n) is 34.6. The van der Waals surface area contributed by atoms with Crippen LogP contribution in [0.1, 0.15) is 207 Å². The molecule has 0 saturated heterocycles. The molecule has 2 rings (SSSR count). The molecule has 0 amide bonds. The van der Waals surface area contributed by atoms with E-state index >= 15 is 0 Å². The highest BCUT2D eigenvalue weighted by Gasteiger charge is 2.27. The van der Waals surface area contributed by atoms with Crippen molar-refractivity contribution in [2.45, 2.75) is 220 Å². The molecule has 0 N–H and O–H groups in total. The molecule has 51 heavy (non-hydrogen) atoms. The van der Waals surface area contributed by atoms with Gasteiger partial charge in [0.25, 0.3) is 0 Å². The zero-order chi connectivity index (χ0) is 36.5. The minimum Gasteiger partial charge on any atom is -0.469 e. The standard InChI is InChI=1S/C46H86N2O3/c1-5-9-11-13-15-17-19-21-23-25-27-29-31-35-39-47(7-3)45-41-49-42-46(51-44-38-34-33-37-43(44)50-45)48(8-4)40-36-32-30-28-26-24-22-20-18-16-14-12-10-6-2/h33-34,37-38,45-46H,5-32,35-36,39-42H2,1-4H3. The summed E-state index contributed by atoms with van der Waals surface area (Å²) in [7, 11) is 0. The number of ether oxygens (including phenoxy) is 3. The maximum Gasteiger partial charge on any atom is 0.176 e. The van der Waals surface area contributed by atoms with E-state index < -0.39 is 0 Å². The van der Waals surface area contributed by atoms with Crippen molar-refractivity contribution >= 4 is 0 Å². The number of rotatable bonds is 34. The van der Waals surface area contributed by atoms with Crippen LogP contribution in [0.2, 0.25) is 0 Å². The number of likely N-dealkylation sites (N-methyl/N-ethyl adjacent to an activating group) is 2. The molecule has 0 fully saturated rings. The normalized spacial score (nSPS) is 16.4. The summed E-state index contributed by atoms with van der Waals surface area (Å²) in [6.45, 7) is 14.2. The molecule has 1 aliphatic heterocycles. The first kappa shape index (κ1) is 45.9. The highest BCUT2D eigenvalue weighted by Crippen LogP contribution is 2.31. The molecule has 2 unspecified atom stereocenters. The summed E-state index contributed by atoms with van der Waals surface area (Å²) < 4.78 is 19.7. The molecule has 5 nitrogen and oxygen atoms in total. The van der Waals surface area contributed by atoms with Gasteiger partial charge in [0.2, 0.25) is 0 Å². The SMILES string of the molecule is CCCCCCCCCCCCCCCCN(CC)C1COCC(N(CC)CCCCCCCCCCCCCCCC)Oc2ccccc2O1. The predicted molar refractivity (Wildman–Crippen MR) is 221 cm³/mol. The Morgan fingerprint density at radius 3 is 0.961 bits per heavy atom. The van der Waals surface area contributed by atoms with E-state index in [0.717, 1.165) is 37.7 Å². The van der Waals surface area contributed by atoms with Crippen molar-refractivity contribution < 1.29 is 14.2 Å². The number of nitrogens with zero attached hydrogens (tertiary/aromatic N) is 2. The molecular weight excluding hydrogens is 629 g/mol. The molecule has 0 saturated carbocycles. The lowest BCUT2D eigenvalue weighted by Crippen LogP contribution is -2.45. The van der Waals surface area contributed by atoms with E-state index in [1.165, 1.54) is 180 Å². The van der Waals surface area contributed by atoms with Gasteiger partial charge in [-0.05, 0) is 38.1 Å². The third kappa shape index (κ3) is 23.2. The van der Waals surface area contributed by atoms with Crippen LogP contribution in [0.25, 0.3) is 0 Å². The third-order valence-corrected chi connectivity index (χ3v) is 11.1. The summed E-state index contributed by atoms with van der Waals surface area (Å²) in [4.78, 5) is 4.92. The van der Waals surface area contributed by atoms with Crippen LogP contribution in [-0.4, -0.2) is 61.6 Å². The summed E-state index contributed by atoms with van der Waals surface area (Å²) in [6, 6.07) is 8.25. The van der Waals surface area contributed by atoms with Crippen LogP contribution in [0.4, 0.5) is 0 Å². The number of hydrogen-bond donors (Lipinski definition) is 0. The quantitative estimate of drug-likeness (QED) is 0.0664. The molecule has 0 radical (unpaired) electrons. The Bertz CT molecular complexity index is 813. The Kier molecular flexibility index (Phi) is 29.9. The molecule has 1 heterocycles. The van der Waals surface area contributed by atoms with Gasteiger partial charge in [0.15, 0.2) is 24.0 Å². The van der Waals surface area contributed by atoms with E-state index in [-0.39, 0.29) is 12.5 Å². The van der Waals surface area contributed by atoms with Crippen molar-refractivity contribution in [3.8, 4) is 11.5 Å². The van der Waals surface area contributed by atoms with E-state index in [9.17, 15) is 0 Å². The predicted octanol–water partition coefficient (Wildman–Crippen LogP) is 13.7. The fourth-order valence-electron chi connectivity index (χ4n) is 7.67. The molecule has 5 heteroatoms. The molecule has 0 spiro atoms. The summed E-state index contributed by atoms with van der Waals surface area (Å²) >= 11 is 0. The van der Waals surface area contributed by atoms with E-state index in [1.807, 2.05) is 0 Å². The maximum atomic E-state index is 6.65. The average molecular weight is 715 g/mol. The van der Waals surface area contributed by atoms with Crippen LogP contribution >= 0.6 is 0 Å². The molecule has 0 bridgehead atoms. The van der Waals surface area contributed by atoms with Gasteiger partial charge in [-0.25, -0.2) is 0 Å². The van der Waals surface area contributed by atoms with Crippen molar-refractivity contribution in [1.82, 2.24) is 9.80 Å². The van der Waals surface area contributed by atoms with Gasteiger partial charge in [0.1, 0.15) is 0 Å². The second-order valence-electron chi connectivity index (χ2n) is 15.6. The second kappa shape index (κ2) is 33.3. The number of fused-ring (bicyclic) bond motifs is 1. The van der Waals surface area contributed by atoms with Crippen LogP contribution in [0.5, 0.6) is 11.5 Å². The molecular formula is C46H86N2O3. The topological polar surface area (TPSA) is 34.2 Å². The van der Waals surface area contributed by atoms with E-state index in [2.05, 4.69) is 61.8 Å². The molecule has 0 aromatic heterocycles. The zero-order valence-corrected chi connectivity index (χ0v) is 34.6. The van der Waals surface area contributed by atoms with E-state index in [0.29, 0.717) is 13.2 Å². The molecule has 1 aromatic rings. The third-order valence-electron chi connectivity index (χ3n) is 11.1. The van der Waals surface area contributed by atoms with Gasteiger partial charge in [-0.15, -0.1) is 0 Å². The van der Waals surface area contributed by atoms with Crippen molar-refractivity contribution in [3.63, 3.8) is 0 Å². The summed E-state index contributed by atoms with van der Waals surface area (Å²) in [5.41, 5.74) is 0. The monoisotopic (exact) mass is 715 g/mol. The second-order valence-corrected chi connectivity index (χ2v) is 15.6. The number of para-hydroxylation sites is 2. The van der Waals surface area contributed by atoms with Gasteiger partial charge in [-0.2, -0.15) is 0 Å². The molecule has 1 aliphatic rings. The Labute approximate surface area is 318 Å². The number of hydrogen-bond acceptors (Lipinski definition) is 5. The van der Waals surface area contributed by atoms with Gasteiger partial charge in [-0.1, -0.05) is 207 Å². The number of benzene rings is 1. The maximum absolute atomic E-state index is 6.65. The van der Waals surface area contributed by atoms with E-state index in [4.69, 9.17) is 14.2 Å². The highest BCUT2D eigenvalue weighted by atomic mass is 16.6. The minimum atomic E-state index is -0.0960. The fourth-order valence-corrected chi connectivity index (χ4v) is 7.67. The Hall–Kier alpha value is -1.30. The van der Waals surface area contributed by atoms with Crippen LogP contribution in [0.3, 0.4) is 0 Å². The Morgan fingerprint density at radius 2 is 0.686 bits per heavy atom. The largest absolute Gasteiger partial charge is 0.469 e. The van der Waals surface area contributed by atoms with Crippen molar-refractivity contribution in [1.29, 1.82) is 0 Å². The fraction of sp³-hybridized carbons (Fsp3) is 0.870. The lowest BCUT2D eigenvalue weighted by Gasteiger charge is -2.31. The molecule has 298 valence electrons. The first-order chi connectivity index (χ1) is 25.2. The van der Waals surface area contributed by atoms with Gasteiger partial charge in [0.05, 0.1) is 13.2 Å². The summed E-state index contributed by atoms with van der Waals surface area (Å²) in [5, 5.41) is 0. The van der Waals surface area contributed by atoms with Crippen LogP contribution < -0.4 is 9.47 Å². The van der Waals surface area contributed by atoms with Gasteiger partial charge >= 0.3 is 0 Å². The molecule has 1 aromatic carbocycles. The number of unbranched alkanes of at least 4 members (excludes halogenated alkanes) is 26. The molecule has 2 atom stereocenters. The first-order valence-electron chi connectivity index (χ1n) is 22.7. The van der Waals surface area contributed by atoms with E-state index in [1.54, 1.807) is 0 Å². The summed E-state index contributed by atoms with van der Waals surface area (Å²) in [5.74, 6) is 1.68. The van der Waals surface area contributed by atoms with Crippen molar-refractivity contribution in [2.75, 3.05) is 39.4 Å². The van der Waals surface area contributed by atoms with Gasteiger partial charge < -0.3 is 14.2 Å². The highest BCUT2D eigenvalue weighted by molar-refractivity contribution is 5.39. The first-order valence-corrected chi connectivity index (χ1v) is 22.7. The lowest BCUT2D eigenvalue weighted by atomic mass is 10.0. The summed E-state index contributed by atoms with van der Waals surface area (Å²) in [6.07, 6.45) is 38.7. The van der Waals surface area contributed by atoms with Crippen molar-refractivity contribution in [3.05, 3.63) is 24.3 Å². The smallest absolute Gasteiger partial charge is 0.176 e. The molecule has 0 aliphatic carbocycles. The van der Waals surface area contributed by atoms with Gasteiger partial charge in [0, 0.05) is 13.1 Å². The van der Waals surface area contributed by atoms with Crippen LogP contribution in [0, 0.1) is 0 Å². The van der Waals surface area contributed by atoms with Crippen molar-refractivity contribution in [2.24, 2.45) is 0 Å². The van der Waals surface area contributed by atoms with Gasteiger partial charge in [-0.3, -0.25) is 9.80 Å². The Balaban J connectivity index is 1.65.